The Morgan fingerprint density at radius 1 is 1.28 bits per heavy atom. The van der Waals surface area contributed by atoms with Crippen LogP contribution in [0.15, 0.2) is 34.5 Å². The van der Waals surface area contributed by atoms with E-state index in [0.717, 1.165) is 31.6 Å². The molecular formula is C17H21N3O3S2. The van der Waals surface area contributed by atoms with Crippen LogP contribution in [0.2, 0.25) is 0 Å². The largest absolute Gasteiger partial charge is 0.298 e. The van der Waals surface area contributed by atoms with Crippen molar-refractivity contribution in [1.82, 2.24) is 9.88 Å². The monoisotopic (exact) mass is 379 g/mol. The van der Waals surface area contributed by atoms with Gasteiger partial charge in [-0.15, -0.1) is 11.3 Å². The molecule has 0 bridgehead atoms. The predicted molar refractivity (Wildman–Crippen MR) is 98.7 cm³/mol. The molecule has 1 aliphatic heterocycles. The number of sulfone groups is 1. The highest BCUT2D eigenvalue weighted by Crippen LogP contribution is 2.20. The van der Waals surface area contributed by atoms with Crippen LogP contribution in [0.1, 0.15) is 35.3 Å². The first-order chi connectivity index (χ1) is 11.9. The van der Waals surface area contributed by atoms with Crippen molar-refractivity contribution in [2.75, 3.05) is 24.7 Å². The molecule has 0 spiro atoms. The summed E-state index contributed by atoms with van der Waals surface area (Å²) >= 11 is 1.38. The van der Waals surface area contributed by atoms with Gasteiger partial charge in [-0.25, -0.2) is 13.4 Å². The summed E-state index contributed by atoms with van der Waals surface area (Å²) in [5.74, 6) is -0.357. The van der Waals surface area contributed by atoms with Crippen molar-refractivity contribution in [1.29, 1.82) is 0 Å². The van der Waals surface area contributed by atoms with Crippen LogP contribution in [0.5, 0.6) is 0 Å². The quantitative estimate of drug-likeness (QED) is 0.864. The van der Waals surface area contributed by atoms with Gasteiger partial charge < -0.3 is 0 Å². The second kappa shape index (κ2) is 7.63. The summed E-state index contributed by atoms with van der Waals surface area (Å²) in [7, 11) is -3.34. The second-order valence-corrected chi connectivity index (χ2v) is 9.11. The summed E-state index contributed by atoms with van der Waals surface area (Å²) in [5, 5.41) is 5.23. The molecule has 25 heavy (non-hydrogen) atoms. The first kappa shape index (κ1) is 18.0. The Balaban J connectivity index is 1.65. The van der Waals surface area contributed by atoms with Gasteiger partial charge in [-0.3, -0.25) is 15.0 Å². The Hall–Kier alpha value is -1.77. The van der Waals surface area contributed by atoms with Gasteiger partial charge in [0, 0.05) is 23.7 Å². The molecule has 0 unspecified atom stereocenters. The lowest BCUT2D eigenvalue weighted by Crippen LogP contribution is -2.29. The van der Waals surface area contributed by atoms with Gasteiger partial charge >= 0.3 is 0 Å². The van der Waals surface area contributed by atoms with E-state index in [-0.39, 0.29) is 10.8 Å². The van der Waals surface area contributed by atoms with Gasteiger partial charge in [0.25, 0.3) is 5.91 Å². The van der Waals surface area contributed by atoms with Gasteiger partial charge in [0.05, 0.1) is 10.6 Å². The molecule has 1 aromatic carbocycles. The molecule has 1 N–H and O–H groups in total. The minimum atomic E-state index is -3.34. The van der Waals surface area contributed by atoms with Crippen LogP contribution in [-0.2, 0) is 16.4 Å². The predicted octanol–water partition coefficient (Wildman–Crippen LogP) is 2.78. The summed E-state index contributed by atoms with van der Waals surface area (Å²) in [6.07, 6.45) is 4.87. The fourth-order valence-corrected chi connectivity index (χ4v) is 4.18. The van der Waals surface area contributed by atoms with Crippen molar-refractivity contribution in [3.8, 4) is 0 Å². The molecule has 6 nitrogen and oxygen atoms in total. The van der Waals surface area contributed by atoms with Gasteiger partial charge in [-0.1, -0.05) is 12.5 Å². The molecule has 1 amide bonds. The number of piperidine rings is 1. The van der Waals surface area contributed by atoms with Crippen LogP contribution in [0, 0.1) is 0 Å². The third-order valence-electron chi connectivity index (χ3n) is 4.13. The molecule has 0 aliphatic carbocycles. The number of nitrogens with one attached hydrogen (secondary N) is 1. The standard InChI is InChI=1S/C17H21N3O3S2/c1-25(22,23)15-7-5-6-13(10-15)16(21)19-17-18-14(12-24-17)11-20-8-3-2-4-9-20/h5-7,10,12H,2-4,8-9,11H2,1H3,(H,18,19,21). The Labute approximate surface area is 151 Å². The number of aromatic nitrogens is 1. The van der Waals surface area contributed by atoms with E-state index in [2.05, 4.69) is 15.2 Å². The van der Waals surface area contributed by atoms with E-state index < -0.39 is 9.84 Å². The van der Waals surface area contributed by atoms with Crippen LogP contribution in [0.3, 0.4) is 0 Å². The molecule has 2 aromatic rings. The Kier molecular flexibility index (Phi) is 5.51. The minimum absolute atomic E-state index is 0.130. The van der Waals surface area contributed by atoms with E-state index in [9.17, 15) is 13.2 Å². The van der Waals surface area contributed by atoms with Crippen LogP contribution in [-0.4, -0.2) is 43.6 Å². The van der Waals surface area contributed by atoms with E-state index in [1.165, 1.54) is 42.7 Å². The maximum Gasteiger partial charge on any atom is 0.257 e. The number of carbonyl (C=O) groups excluding carboxylic acids is 1. The Bertz CT molecular complexity index is 856. The molecule has 1 aromatic heterocycles. The molecule has 0 atom stereocenters. The Morgan fingerprint density at radius 3 is 2.76 bits per heavy atom. The lowest BCUT2D eigenvalue weighted by molar-refractivity contribution is 0.102. The van der Waals surface area contributed by atoms with Crippen molar-refractivity contribution < 1.29 is 13.2 Å². The maximum atomic E-state index is 12.3. The average molecular weight is 380 g/mol. The van der Waals surface area contributed by atoms with Crippen molar-refractivity contribution in [3.63, 3.8) is 0 Å². The molecule has 1 aliphatic rings. The second-order valence-electron chi connectivity index (χ2n) is 6.23. The van der Waals surface area contributed by atoms with Gasteiger partial charge in [0.2, 0.25) is 0 Å². The highest BCUT2D eigenvalue weighted by molar-refractivity contribution is 7.90. The highest BCUT2D eigenvalue weighted by atomic mass is 32.2. The van der Waals surface area contributed by atoms with Gasteiger partial charge in [0.15, 0.2) is 15.0 Å². The number of thiazole rings is 1. The minimum Gasteiger partial charge on any atom is -0.298 e. The lowest BCUT2D eigenvalue weighted by atomic mass is 10.1. The summed E-state index contributed by atoms with van der Waals surface area (Å²) in [6, 6.07) is 6.01. The Morgan fingerprint density at radius 2 is 2.04 bits per heavy atom. The number of anilines is 1. The molecule has 2 heterocycles. The molecule has 134 valence electrons. The SMILES string of the molecule is CS(=O)(=O)c1cccc(C(=O)Nc2nc(CN3CCCCC3)cs2)c1. The molecule has 8 heteroatoms. The van der Waals surface area contributed by atoms with Gasteiger partial charge in [-0.05, 0) is 44.1 Å². The fourth-order valence-electron chi connectivity index (χ4n) is 2.82. The van der Waals surface area contributed by atoms with E-state index in [0.29, 0.717) is 10.7 Å². The summed E-state index contributed by atoms with van der Waals surface area (Å²) < 4.78 is 23.2. The molecule has 3 rings (SSSR count). The normalized spacial score (nSPS) is 15.9. The summed E-state index contributed by atoms with van der Waals surface area (Å²) in [5.41, 5.74) is 1.25. The average Bonchev–Trinajstić information content (AvgIpc) is 3.02. The fraction of sp³-hybridized carbons (Fsp3) is 0.412. The van der Waals surface area contributed by atoms with Crippen LogP contribution in [0.4, 0.5) is 5.13 Å². The first-order valence-electron chi connectivity index (χ1n) is 8.20. The molecule has 1 saturated heterocycles. The molecule has 0 radical (unpaired) electrons. The number of benzene rings is 1. The number of carbonyl (C=O) groups is 1. The van der Waals surface area contributed by atoms with E-state index in [1.54, 1.807) is 12.1 Å². The zero-order valence-corrected chi connectivity index (χ0v) is 15.7. The highest BCUT2D eigenvalue weighted by Gasteiger charge is 2.15. The molecular weight excluding hydrogens is 358 g/mol. The number of rotatable bonds is 5. The lowest BCUT2D eigenvalue weighted by Gasteiger charge is -2.25. The first-order valence-corrected chi connectivity index (χ1v) is 11.0. The van der Waals surface area contributed by atoms with Gasteiger partial charge in [0.1, 0.15) is 0 Å². The van der Waals surface area contributed by atoms with Crippen LogP contribution in [0.25, 0.3) is 0 Å². The molecule has 1 fully saturated rings. The smallest absolute Gasteiger partial charge is 0.257 e. The number of hydrogen-bond donors (Lipinski definition) is 1. The van der Waals surface area contributed by atoms with E-state index in [4.69, 9.17) is 0 Å². The number of likely N-dealkylation sites (tertiary alicyclic amines) is 1. The third-order valence-corrected chi connectivity index (χ3v) is 6.05. The molecule has 0 saturated carbocycles. The number of hydrogen-bond acceptors (Lipinski definition) is 6. The van der Waals surface area contributed by atoms with Crippen molar-refractivity contribution in [3.05, 3.63) is 40.9 Å². The van der Waals surface area contributed by atoms with E-state index in [1.807, 2.05) is 5.38 Å². The van der Waals surface area contributed by atoms with Crippen LogP contribution < -0.4 is 5.32 Å². The van der Waals surface area contributed by atoms with Gasteiger partial charge in [-0.2, -0.15) is 0 Å². The van der Waals surface area contributed by atoms with Crippen molar-refractivity contribution in [2.24, 2.45) is 0 Å². The summed E-state index contributed by atoms with van der Waals surface area (Å²) in [4.78, 5) is 19.3. The number of nitrogens with zero attached hydrogens (tertiary/aromatic N) is 2. The number of amides is 1. The zero-order valence-electron chi connectivity index (χ0n) is 14.1. The summed E-state index contributed by atoms with van der Waals surface area (Å²) in [6.45, 7) is 2.99. The van der Waals surface area contributed by atoms with Crippen molar-refractivity contribution in [2.45, 2.75) is 30.7 Å². The third kappa shape index (κ3) is 4.87. The zero-order chi connectivity index (χ0) is 17.9. The maximum absolute atomic E-state index is 12.3. The van der Waals surface area contributed by atoms with Crippen LogP contribution >= 0.6 is 11.3 Å². The van der Waals surface area contributed by atoms with Crippen molar-refractivity contribution >= 4 is 32.2 Å². The van der Waals surface area contributed by atoms with E-state index >= 15 is 0 Å². The topological polar surface area (TPSA) is 79.4 Å².